The Labute approximate surface area is 133 Å². The third-order valence-corrected chi connectivity index (χ3v) is 3.86. The Morgan fingerprint density at radius 2 is 2.18 bits per heavy atom. The zero-order valence-electron chi connectivity index (χ0n) is 12.4. The number of halogens is 1. The van der Waals surface area contributed by atoms with Crippen molar-refractivity contribution in [2.45, 2.75) is 31.6 Å². The molecule has 1 aliphatic heterocycles. The van der Waals surface area contributed by atoms with Crippen LogP contribution >= 0.6 is 11.6 Å². The highest BCUT2D eigenvalue weighted by Crippen LogP contribution is 2.23. The van der Waals surface area contributed by atoms with E-state index in [1.165, 1.54) is 12.0 Å². The second kappa shape index (κ2) is 6.98. The first-order chi connectivity index (χ1) is 10.4. The minimum absolute atomic E-state index is 0.246. The van der Waals surface area contributed by atoms with E-state index in [0.29, 0.717) is 10.8 Å². The third-order valence-electron chi connectivity index (χ3n) is 3.62. The number of methoxy groups -OCH3 is 1. The fourth-order valence-corrected chi connectivity index (χ4v) is 2.65. The van der Waals surface area contributed by atoms with Crippen molar-refractivity contribution in [1.82, 2.24) is 4.90 Å². The quantitative estimate of drug-likeness (QED) is 0.892. The van der Waals surface area contributed by atoms with Gasteiger partial charge in [-0.05, 0) is 25.1 Å². The Hall–Kier alpha value is -1.79. The number of aliphatic carboxylic acids is 1. The first-order valence-corrected chi connectivity index (χ1v) is 7.28. The summed E-state index contributed by atoms with van der Waals surface area (Å²) in [6, 6.07) is 5.81. The highest BCUT2D eigenvalue weighted by Gasteiger charge is 2.41. The van der Waals surface area contributed by atoms with Gasteiger partial charge in [0.2, 0.25) is 0 Å². The number of amides is 1. The third kappa shape index (κ3) is 3.69. The average molecular weight is 328 g/mol. The largest absolute Gasteiger partial charge is 0.481 e. The molecule has 22 heavy (non-hydrogen) atoms. The van der Waals surface area contributed by atoms with Crippen molar-refractivity contribution in [2.24, 2.45) is 0 Å². The average Bonchev–Trinajstić information content (AvgIpc) is 2.91. The van der Waals surface area contributed by atoms with Crippen molar-refractivity contribution in [3.63, 3.8) is 0 Å². The van der Waals surface area contributed by atoms with Crippen molar-refractivity contribution >= 4 is 23.5 Å². The summed E-state index contributed by atoms with van der Waals surface area (Å²) >= 11 is 5.87. The maximum absolute atomic E-state index is 12.5. The van der Waals surface area contributed by atoms with Crippen LogP contribution < -0.4 is 4.74 Å². The number of carbonyl (C=O) groups excluding carboxylic acids is 1. The van der Waals surface area contributed by atoms with Crippen LogP contribution in [0.25, 0.3) is 0 Å². The molecule has 2 rings (SSSR count). The fourth-order valence-electron chi connectivity index (χ4n) is 2.47. The van der Waals surface area contributed by atoms with E-state index in [2.05, 4.69) is 0 Å². The van der Waals surface area contributed by atoms with Gasteiger partial charge in [0.25, 0.3) is 5.91 Å². The topological polar surface area (TPSA) is 76.1 Å². The smallest absolute Gasteiger partial charge is 0.326 e. The van der Waals surface area contributed by atoms with Crippen LogP contribution in [0.15, 0.2) is 24.3 Å². The van der Waals surface area contributed by atoms with E-state index < -0.39 is 18.1 Å². The fraction of sp³-hybridized carbons (Fsp3) is 0.467. The van der Waals surface area contributed by atoms with Crippen LogP contribution in [-0.2, 0) is 14.3 Å². The Morgan fingerprint density at radius 1 is 1.45 bits per heavy atom. The van der Waals surface area contributed by atoms with Gasteiger partial charge >= 0.3 is 5.97 Å². The van der Waals surface area contributed by atoms with Crippen LogP contribution in [0.1, 0.15) is 13.3 Å². The molecule has 0 aromatic heterocycles. The molecule has 1 saturated heterocycles. The molecule has 1 amide bonds. The number of carbonyl (C=O) groups is 2. The van der Waals surface area contributed by atoms with Crippen LogP contribution in [0.2, 0.25) is 5.02 Å². The Kier molecular flexibility index (Phi) is 5.26. The van der Waals surface area contributed by atoms with Crippen molar-refractivity contribution in [1.29, 1.82) is 0 Å². The van der Waals surface area contributed by atoms with E-state index in [9.17, 15) is 14.7 Å². The summed E-state index contributed by atoms with van der Waals surface area (Å²) in [4.78, 5) is 25.1. The van der Waals surface area contributed by atoms with Crippen molar-refractivity contribution in [2.75, 3.05) is 13.7 Å². The van der Waals surface area contributed by atoms with E-state index in [4.69, 9.17) is 21.1 Å². The summed E-state index contributed by atoms with van der Waals surface area (Å²) in [6.07, 6.45) is -0.805. The lowest BCUT2D eigenvalue weighted by molar-refractivity contribution is -0.150. The molecule has 0 aliphatic carbocycles. The molecule has 1 fully saturated rings. The number of hydrogen-bond donors (Lipinski definition) is 1. The number of rotatable bonds is 5. The molecule has 0 spiro atoms. The number of carboxylic acids is 1. The molecule has 0 radical (unpaired) electrons. The Bertz CT molecular complexity index is 565. The minimum atomic E-state index is -1.04. The summed E-state index contributed by atoms with van der Waals surface area (Å²) in [5, 5.41) is 9.75. The molecule has 1 aliphatic rings. The van der Waals surface area contributed by atoms with Gasteiger partial charge < -0.3 is 19.5 Å². The van der Waals surface area contributed by atoms with E-state index in [1.807, 2.05) is 0 Å². The van der Waals surface area contributed by atoms with Gasteiger partial charge in [-0.3, -0.25) is 4.79 Å². The molecule has 0 saturated carbocycles. The predicted molar refractivity (Wildman–Crippen MR) is 80.1 cm³/mol. The van der Waals surface area contributed by atoms with Crippen molar-refractivity contribution in [3.05, 3.63) is 29.3 Å². The zero-order chi connectivity index (χ0) is 16.3. The van der Waals surface area contributed by atoms with Gasteiger partial charge in [-0.1, -0.05) is 17.7 Å². The van der Waals surface area contributed by atoms with Gasteiger partial charge in [-0.15, -0.1) is 0 Å². The molecular weight excluding hydrogens is 310 g/mol. The van der Waals surface area contributed by atoms with Crippen LogP contribution in [0.3, 0.4) is 0 Å². The normalized spacial score (nSPS) is 22.4. The Morgan fingerprint density at radius 3 is 2.77 bits per heavy atom. The van der Waals surface area contributed by atoms with Crippen LogP contribution in [0, 0.1) is 0 Å². The molecule has 1 aromatic carbocycles. The van der Waals surface area contributed by atoms with Crippen molar-refractivity contribution in [3.8, 4) is 5.75 Å². The first kappa shape index (κ1) is 16.6. The number of carboxylic acid groups (broad SMARTS) is 1. The molecular formula is C15H18ClNO5. The highest BCUT2D eigenvalue weighted by molar-refractivity contribution is 6.30. The summed E-state index contributed by atoms with van der Waals surface area (Å²) < 4.78 is 10.7. The molecule has 120 valence electrons. The molecule has 0 bridgehead atoms. The molecule has 3 unspecified atom stereocenters. The SMILES string of the molecule is COC1CC(C(=O)O)N(C(=O)C(C)Oc2cccc(Cl)c2)C1. The van der Waals surface area contributed by atoms with Crippen LogP contribution in [0.4, 0.5) is 0 Å². The van der Waals surface area contributed by atoms with Gasteiger partial charge in [-0.25, -0.2) is 4.79 Å². The van der Waals surface area contributed by atoms with Crippen LogP contribution in [-0.4, -0.2) is 53.8 Å². The van der Waals surface area contributed by atoms with Gasteiger partial charge in [-0.2, -0.15) is 0 Å². The molecule has 1 aromatic rings. The molecule has 1 N–H and O–H groups in total. The Balaban J connectivity index is 2.07. The molecule has 1 heterocycles. The number of likely N-dealkylation sites (tertiary alicyclic amines) is 1. The lowest BCUT2D eigenvalue weighted by Gasteiger charge is -2.25. The van der Waals surface area contributed by atoms with Crippen molar-refractivity contribution < 1.29 is 24.2 Å². The maximum atomic E-state index is 12.5. The monoisotopic (exact) mass is 327 g/mol. The van der Waals surface area contributed by atoms with E-state index in [-0.39, 0.29) is 25.0 Å². The number of nitrogens with zero attached hydrogens (tertiary/aromatic N) is 1. The zero-order valence-corrected chi connectivity index (χ0v) is 13.1. The van der Waals surface area contributed by atoms with Crippen LogP contribution in [0.5, 0.6) is 5.75 Å². The van der Waals surface area contributed by atoms with Gasteiger partial charge in [0, 0.05) is 25.1 Å². The van der Waals surface area contributed by atoms with Gasteiger partial charge in [0.15, 0.2) is 6.10 Å². The second-order valence-electron chi connectivity index (χ2n) is 5.16. The number of ether oxygens (including phenoxy) is 2. The molecule has 3 atom stereocenters. The molecule has 7 heteroatoms. The summed E-state index contributed by atoms with van der Waals surface area (Å²) in [5.74, 6) is -0.961. The number of hydrogen-bond acceptors (Lipinski definition) is 4. The van der Waals surface area contributed by atoms with E-state index in [0.717, 1.165) is 0 Å². The lowest BCUT2D eigenvalue weighted by Crippen LogP contribution is -2.46. The number of benzene rings is 1. The highest BCUT2D eigenvalue weighted by atomic mass is 35.5. The summed E-state index contributed by atoms with van der Waals surface area (Å²) in [6.45, 7) is 1.83. The van der Waals surface area contributed by atoms with E-state index in [1.54, 1.807) is 31.2 Å². The van der Waals surface area contributed by atoms with Gasteiger partial charge in [0.1, 0.15) is 11.8 Å². The predicted octanol–water partition coefficient (Wildman–Crippen LogP) is 1.81. The maximum Gasteiger partial charge on any atom is 0.326 e. The molecule has 6 nitrogen and oxygen atoms in total. The first-order valence-electron chi connectivity index (χ1n) is 6.90. The van der Waals surface area contributed by atoms with Gasteiger partial charge in [0.05, 0.1) is 6.10 Å². The second-order valence-corrected chi connectivity index (χ2v) is 5.59. The summed E-state index contributed by atoms with van der Waals surface area (Å²) in [7, 11) is 1.50. The standard InChI is InChI=1S/C15H18ClNO5/c1-9(22-11-5-3-4-10(16)6-11)14(18)17-8-12(21-2)7-13(17)15(19)20/h3-6,9,12-13H,7-8H2,1-2H3,(H,19,20). The van der Waals surface area contributed by atoms with E-state index >= 15 is 0 Å². The summed E-state index contributed by atoms with van der Waals surface area (Å²) in [5.41, 5.74) is 0. The lowest BCUT2D eigenvalue weighted by atomic mass is 10.2. The minimum Gasteiger partial charge on any atom is -0.481 e.